The molecular weight excluding hydrogens is 267 g/mol. The maximum atomic E-state index is 13.6. The van der Waals surface area contributed by atoms with Crippen LogP contribution >= 0.6 is 11.6 Å². The summed E-state index contributed by atoms with van der Waals surface area (Å²) in [7, 11) is 1.39. The molecule has 2 aromatic carbocycles. The van der Waals surface area contributed by atoms with Gasteiger partial charge in [0.1, 0.15) is 6.10 Å². The van der Waals surface area contributed by atoms with Crippen molar-refractivity contribution in [2.75, 3.05) is 7.11 Å². The van der Waals surface area contributed by atoms with Crippen molar-refractivity contribution in [3.05, 3.63) is 63.9 Å². The van der Waals surface area contributed by atoms with E-state index in [-0.39, 0.29) is 5.75 Å². The van der Waals surface area contributed by atoms with E-state index >= 15 is 0 Å². The maximum absolute atomic E-state index is 13.6. The van der Waals surface area contributed by atoms with Crippen LogP contribution in [0.25, 0.3) is 0 Å². The molecule has 0 saturated carbocycles. The van der Waals surface area contributed by atoms with Gasteiger partial charge in [0, 0.05) is 10.6 Å². The first-order chi connectivity index (χ1) is 9.04. The zero-order chi connectivity index (χ0) is 14.0. The van der Waals surface area contributed by atoms with Crippen LogP contribution in [0.4, 0.5) is 4.39 Å². The summed E-state index contributed by atoms with van der Waals surface area (Å²) in [5.74, 6) is -0.367. The Kier molecular flexibility index (Phi) is 4.08. The molecule has 0 spiro atoms. The van der Waals surface area contributed by atoms with Crippen molar-refractivity contribution >= 4 is 11.6 Å². The average Bonchev–Trinajstić information content (AvgIpc) is 2.41. The molecule has 0 aromatic heterocycles. The highest BCUT2D eigenvalue weighted by molar-refractivity contribution is 6.32. The minimum atomic E-state index is -0.965. The summed E-state index contributed by atoms with van der Waals surface area (Å²) >= 11 is 6.16. The van der Waals surface area contributed by atoms with E-state index in [0.717, 1.165) is 5.56 Å². The number of hydrogen-bond acceptors (Lipinski definition) is 2. The summed E-state index contributed by atoms with van der Waals surface area (Å²) in [6.07, 6.45) is -0.965. The van der Waals surface area contributed by atoms with Gasteiger partial charge in [0.05, 0.1) is 7.11 Å². The van der Waals surface area contributed by atoms with Crippen molar-refractivity contribution in [3.63, 3.8) is 0 Å². The van der Waals surface area contributed by atoms with Crippen LogP contribution in [0.1, 0.15) is 22.8 Å². The molecule has 19 heavy (non-hydrogen) atoms. The fourth-order valence-electron chi connectivity index (χ4n) is 1.91. The standard InChI is InChI=1S/C15H14ClFO2/c1-9-4-3-5-11(14(9)16)15(18)10-6-7-13(19-2)12(17)8-10/h3-8,15,18H,1-2H3. The summed E-state index contributed by atoms with van der Waals surface area (Å²) < 4.78 is 18.5. The first-order valence-electron chi connectivity index (χ1n) is 5.81. The fraction of sp³-hybridized carbons (Fsp3) is 0.200. The second kappa shape index (κ2) is 5.59. The topological polar surface area (TPSA) is 29.5 Å². The molecule has 0 radical (unpaired) electrons. The smallest absolute Gasteiger partial charge is 0.165 e. The third-order valence-electron chi connectivity index (χ3n) is 3.01. The van der Waals surface area contributed by atoms with E-state index in [1.54, 1.807) is 18.2 Å². The van der Waals surface area contributed by atoms with Gasteiger partial charge in [-0.3, -0.25) is 0 Å². The molecule has 0 amide bonds. The first-order valence-corrected chi connectivity index (χ1v) is 6.19. The number of benzene rings is 2. The van der Waals surface area contributed by atoms with Crippen LogP contribution in [0, 0.1) is 12.7 Å². The lowest BCUT2D eigenvalue weighted by molar-refractivity contribution is 0.219. The summed E-state index contributed by atoms with van der Waals surface area (Å²) in [6, 6.07) is 9.74. The lowest BCUT2D eigenvalue weighted by atomic mass is 9.99. The summed E-state index contributed by atoms with van der Waals surface area (Å²) in [4.78, 5) is 0. The predicted octanol–water partition coefficient (Wildman–Crippen LogP) is 3.88. The Morgan fingerprint density at radius 1 is 1.26 bits per heavy atom. The zero-order valence-electron chi connectivity index (χ0n) is 10.7. The predicted molar refractivity (Wildman–Crippen MR) is 73.2 cm³/mol. The highest BCUT2D eigenvalue weighted by Gasteiger charge is 2.16. The molecule has 0 saturated heterocycles. The molecule has 0 fully saturated rings. The van der Waals surface area contributed by atoms with Crippen LogP contribution in [-0.4, -0.2) is 12.2 Å². The highest BCUT2D eigenvalue weighted by atomic mass is 35.5. The molecule has 0 heterocycles. The Balaban J connectivity index is 2.41. The normalized spacial score (nSPS) is 12.3. The van der Waals surface area contributed by atoms with Crippen molar-refractivity contribution in [2.24, 2.45) is 0 Å². The SMILES string of the molecule is COc1ccc(C(O)c2cccc(C)c2Cl)cc1F. The van der Waals surface area contributed by atoms with E-state index in [1.165, 1.54) is 19.2 Å². The molecule has 1 N–H and O–H groups in total. The van der Waals surface area contributed by atoms with Crippen LogP contribution in [0.3, 0.4) is 0 Å². The molecule has 2 nitrogen and oxygen atoms in total. The molecule has 2 aromatic rings. The second-order valence-corrected chi connectivity index (χ2v) is 4.65. The van der Waals surface area contributed by atoms with Crippen molar-refractivity contribution in [2.45, 2.75) is 13.0 Å². The van der Waals surface area contributed by atoms with E-state index in [2.05, 4.69) is 0 Å². The third-order valence-corrected chi connectivity index (χ3v) is 3.52. The lowest BCUT2D eigenvalue weighted by Gasteiger charge is -2.15. The third kappa shape index (κ3) is 2.72. The van der Waals surface area contributed by atoms with Crippen LogP contribution in [-0.2, 0) is 0 Å². The van der Waals surface area contributed by atoms with Crippen molar-refractivity contribution in [1.82, 2.24) is 0 Å². The minimum Gasteiger partial charge on any atom is -0.494 e. The number of halogens is 2. The van der Waals surface area contributed by atoms with Crippen molar-refractivity contribution in [3.8, 4) is 5.75 Å². The van der Waals surface area contributed by atoms with E-state index in [0.29, 0.717) is 16.1 Å². The molecular formula is C15H14ClFO2. The van der Waals surface area contributed by atoms with Gasteiger partial charge in [-0.2, -0.15) is 0 Å². The Bertz CT molecular complexity index is 599. The van der Waals surface area contributed by atoms with Gasteiger partial charge in [-0.15, -0.1) is 0 Å². The molecule has 2 rings (SSSR count). The maximum Gasteiger partial charge on any atom is 0.165 e. The lowest BCUT2D eigenvalue weighted by Crippen LogP contribution is -2.02. The molecule has 1 unspecified atom stereocenters. The van der Waals surface area contributed by atoms with Gasteiger partial charge in [0.2, 0.25) is 0 Å². The molecule has 0 aliphatic rings. The van der Waals surface area contributed by atoms with Gasteiger partial charge in [-0.25, -0.2) is 4.39 Å². The molecule has 0 aliphatic carbocycles. The average molecular weight is 281 g/mol. The number of aliphatic hydroxyl groups is 1. The van der Waals surface area contributed by atoms with Crippen LogP contribution in [0.2, 0.25) is 5.02 Å². The number of rotatable bonds is 3. The van der Waals surface area contributed by atoms with Gasteiger partial charge in [0.15, 0.2) is 11.6 Å². The Hall–Kier alpha value is -1.58. The second-order valence-electron chi connectivity index (χ2n) is 4.27. The van der Waals surface area contributed by atoms with Crippen molar-refractivity contribution < 1.29 is 14.2 Å². The Labute approximate surface area is 116 Å². The Morgan fingerprint density at radius 3 is 2.63 bits per heavy atom. The Morgan fingerprint density at radius 2 is 2.00 bits per heavy atom. The van der Waals surface area contributed by atoms with Crippen LogP contribution in [0.15, 0.2) is 36.4 Å². The minimum absolute atomic E-state index is 0.145. The summed E-state index contributed by atoms with van der Waals surface area (Å²) in [5, 5.41) is 10.8. The molecule has 0 bridgehead atoms. The molecule has 0 aliphatic heterocycles. The van der Waals surface area contributed by atoms with Gasteiger partial charge in [0.25, 0.3) is 0 Å². The number of aryl methyl sites for hydroxylation is 1. The highest BCUT2D eigenvalue weighted by Crippen LogP contribution is 2.31. The number of aliphatic hydroxyl groups excluding tert-OH is 1. The van der Waals surface area contributed by atoms with Gasteiger partial charge >= 0.3 is 0 Å². The van der Waals surface area contributed by atoms with Gasteiger partial charge in [-0.1, -0.05) is 35.9 Å². The van der Waals surface area contributed by atoms with Crippen molar-refractivity contribution in [1.29, 1.82) is 0 Å². The van der Waals surface area contributed by atoms with Gasteiger partial charge in [-0.05, 0) is 30.2 Å². The van der Waals surface area contributed by atoms with Crippen LogP contribution in [0.5, 0.6) is 5.75 Å². The van der Waals surface area contributed by atoms with E-state index in [1.807, 2.05) is 13.0 Å². The number of hydrogen-bond donors (Lipinski definition) is 1. The largest absolute Gasteiger partial charge is 0.494 e. The fourth-order valence-corrected chi connectivity index (χ4v) is 2.14. The quantitative estimate of drug-likeness (QED) is 0.924. The van der Waals surface area contributed by atoms with Gasteiger partial charge < -0.3 is 9.84 Å². The van der Waals surface area contributed by atoms with E-state index < -0.39 is 11.9 Å². The summed E-state index contributed by atoms with van der Waals surface area (Å²) in [5.41, 5.74) is 1.87. The number of ether oxygens (including phenoxy) is 1. The molecule has 100 valence electrons. The first kappa shape index (κ1) is 13.8. The summed E-state index contributed by atoms with van der Waals surface area (Å²) in [6.45, 7) is 1.85. The number of methoxy groups -OCH3 is 1. The van der Waals surface area contributed by atoms with E-state index in [9.17, 15) is 9.50 Å². The monoisotopic (exact) mass is 280 g/mol. The van der Waals surface area contributed by atoms with E-state index in [4.69, 9.17) is 16.3 Å². The zero-order valence-corrected chi connectivity index (χ0v) is 11.4. The molecule has 4 heteroatoms. The van der Waals surface area contributed by atoms with Crippen LogP contribution < -0.4 is 4.74 Å². The molecule has 1 atom stereocenters.